The van der Waals surface area contributed by atoms with Crippen molar-refractivity contribution in [2.75, 3.05) is 0 Å². The van der Waals surface area contributed by atoms with Crippen LogP contribution in [0.5, 0.6) is 0 Å². The predicted molar refractivity (Wildman–Crippen MR) is 95.8 cm³/mol. The molecule has 0 saturated heterocycles. The third-order valence-corrected chi connectivity index (χ3v) is 4.42. The van der Waals surface area contributed by atoms with E-state index < -0.39 is 13.9 Å². The number of phosphoric ester groups is 1. The van der Waals surface area contributed by atoms with Gasteiger partial charge >= 0.3 is 7.82 Å². The maximum atomic E-state index is 10.7. The van der Waals surface area contributed by atoms with Crippen LogP contribution in [0.15, 0.2) is 69.1 Å². The molecule has 2 N–H and O–H groups in total. The summed E-state index contributed by atoms with van der Waals surface area (Å²) in [6, 6.07) is 16.4. The summed E-state index contributed by atoms with van der Waals surface area (Å²) in [4.78, 5) is 20.2. The molecule has 10 heteroatoms. The smallest absolute Gasteiger partial charge is 0.524 e. The molecule has 1 unspecified atom stereocenters. The summed E-state index contributed by atoms with van der Waals surface area (Å²) in [5, 5.41) is 3.60. The summed E-state index contributed by atoms with van der Waals surface area (Å²) in [6.45, 7) is 1.41. The van der Waals surface area contributed by atoms with Crippen molar-refractivity contribution >= 4 is 30.4 Å². The second-order valence-corrected chi connectivity index (χ2v) is 6.60. The van der Waals surface area contributed by atoms with Gasteiger partial charge in [-0.2, -0.15) is 12.1 Å². The van der Waals surface area contributed by atoms with E-state index in [1.54, 1.807) is 24.3 Å². The molecule has 0 radical (unpaired) electrons. The van der Waals surface area contributed by atoms with Crippen LogP contribution in [-0.2, 0) is 26.2 Å². The molecule has 2 aromatic rings. The van der Waals surface area contributed by atoms with Gasteiger partial charge in [-0.3, -0.25) is 9.79 Å². The number of azide groups is 1. The molecule has 0 aromatic heterocycles. The minimum atomic E-state index is -4.61. The van der Waals surface area contributed by atoms with Crippen molar-refractivity contribution in [1.29, 1.82) is 0 Å². The Bertz CT molecular complexity index is 689. The number of nitrogens with zero attached hydrogens (tertiary/aromatic N) is 3. The predicted octanol–water partition coefficient (Wildman–Crippen LogP) is 4.94. The van der Waals surface area contributed by atoms with Gasteiger partial charge in [0.2, 0.25) is 0 Å². The molecule has 0 amide bonds. The van der Waals surface area contributed by atoms with Crippen molar-refractivity contribution in [2.45, 2.75) is 13.0 Å². The number of rotatable bonds is 5. The molecule has 136 valence electrons. The first-order valence-corrected chi connectivity index (χ1v) is 9.00. The van der Waals surface area contributed by atoms with Crippen molar-refractivity contribution in [3.8, 4) is 0 Å². The van der Waals surface area contributed by atoms with Crippen molar-refractivity contribution in [1.82, 2.24) is 0 Å². The Morgan fingerprint density at radius 1 is 1.29 bits per heavy atom. The Morgan fingerprint density at radius 2 is 1.75 bits per heavy atom. The van der Waals surface area contributed by atoms with E-state index in [0.29, 0.717) is 3.58 Å². The third kappa shape index (κ3) is 8.70. The van der Waals surface area contributed by atoms with Crippen molar-refractivity contribution in [3.63, 3.8) is 0 Å². The van der Waals surface area contributed by atoms with Crippen LogP contribution in [0.2, 0.25) is 0 Å². The fraction of sp³-hybridized carbons (Fsp3) is 0.143. The molecule has 0 aliphatic heterocycles. The van der Waals surface area contributed by atoms with Crippen LogP contribution >= 0.6 is 30.4 Å². The second kappa shape index (κ2) is 11.5. The molecule has 0 bridgehead atoms. The summed E-state index contributed by atoms with van der Waals surface area (Å²) in [7, 11) is -4.61. The van der Waals surface area contributed by atoms with Gasteiger partial charge in [0.25, 0.3) is 0 Å². The van der Waals surface area contributed by atoms with E-state index in [4.69, 9.17) is 15.3 Å². The third-order valence-electron chi connectivity index (χ3n) is 2.56. The van der Waals surface area contributed by atoms with E-state index in [9.17, 15) is 4.57 Å². The molecule has 0 aliphatic rings. The molecule has 7 nitrogen and oxygen atoms in total. The van der Waals surface area contributed by atoms with Gasteiger partial charge in [0.05, 0.1) is 6.04 Å². The van der Waals surface area contributed by atoms with E-state index in [0.717, 1.165) is 5.56 Å². The average molecular weight is 503 g/mol. The normalized spacial score (nSPS) is 12.5. The Morgan fingerprint density at radius 3 is 2.12 bits per heavy atom. The molecule has 0 fully saturated rings. The van der Waals surface area contributed by atoms with Crippen LogP contribution in [-0.4, -0.2) is 9.79 Å². The first-order chi connectivity index (χ1) is 10.8. The van der Waals surface area contributed by atoms with Crippen molar-refractivity contribution in [2.24, 2.45) is 5.11 Å². The molecule has 24 heavy (non-hydrogen) atoms. The summed E-state index contributed by atoms with van der Waals surface area (Å²) in [6.07, 6.45) is 0. The minimum Gasteiger partial charge on any atom is -0.748 e. The van der Waals surface area contributed by atoms with Crippen LogP contribution < -0.4 is 0 Å². The molecule has 0 spiro atoms. The van der Waals surface area contributed by atoms with Crippen LogP contribution in [0.1, 0.15) is 18.5 Å². The summed E-state index contributed by atoms with van der Waals surface area (Å²) >= 11 is 1.84. The van der Waals surface area contributed by atoms with Crippen LogP contribution in [0.25, 0.3) is 10.4 Å². The number of allylic oxidation sites excluding steroid dienone is 1. The van der Waals surface area contributed by atoms with Gasteiger partial charge in [-0.05, 0) is 35.0 Å². The van der Waals surface area contributed by atoms with Gasteiger partial charge in [0, 0.05) is 25.6 Å². The summed E-state index contributed by atoms with van der Waals surface area (Å²) < 4.78 is 15.6. The monoisotopic (exact) mass is 503 g/mol. The SMILES string of the molecule is CC(OP(=O)(O)O)=C(I)C(N=[N+]=[N-])[c-]1cccc1.[Fe].[cH-]1[cH-][cH-][cH-][cH-]1. The standard InChI is InChI=1S/C9H10IN3O4P.C5H5.Fe/c1-6(17-18(14,15)16)8(10)9(12-13-11)7-4-2-3-5-7;1-2-4-5-3-1;/h2-5,9H,1H3,(H2,14,15,16);1-5H;/q-1;-5;. The molecule has 2 aromatic carbocycles. The second-order valence-electron chi connectivity index (χ2n) is 4.27. The maximum Gasteiger partial charge on any atom is 0.524 e. The summed E-state index contributed by atoms with van der Waals surface area (Å²) in [5.74, 6) is 0.0301. The molecule has 0 saturated carbocycles. The van der Waals surface area contributed by atoms with Crippen LogP contribution in [0.4, 0.5) is 0 Å². The number of hydrogen-bond acceptors (Lipinski definition) is 3. The van der Waals surface area contributed by atoms with Gasteiger partial charge in [0.1, 0.15) is 5.76 Å². The van der Waals surface area contributed by atoms with Crippen LogP contribution in [0, 0.1) is 0 Å². The average Bonchev–Trinajstić information content (AvgIpc) is 3.16. The van der Waals surface area contributed by atoms with Gasteiger partial charge in [0.15, 0.2) is 0 Å². The van der Waals surface area contributed by atoms with E-state index in [1.807, 2.05) is 52.9 Å². The number of halogens is 1. The Kier molecular flexibility index (Phi) is 11.0. The Labute approximate surface area is 163 Å². The zero-order chi connectivity index (χ0) is 17.3. The number of phosphoric acid groups is 1. The van der Waals surface area contributed by atoms with Gasteiger partial charge in [-0.25, -0.2) is 16.7 Å². The van der Waals surface area contributed by atoms with Gasteiger partial charge < -0.3 is 34.9 Å². The molecule has 0 aliphatic carbocycles. The molecule has 1 atom stereocenters. The number of hydrogen-bond donors (Lipinski definition) is 2. The van der Waals surface area contributed by atoms with Gasteiger partial charge in [-0.1, -0.05) is 5.11 Å². The van der Waals surface area contributed by atoms with E-state index >= 15 is 0 Å². The quantitative estimate of drug-likeness (QED) is 0.0880. The summed E-state index contributed by atoms with van der Waals surface area (Å²) in [5.41, 5.74) is 9.26. The van der Waals surface area contributed by atoms with E-state index in [2.05, 4.69) is 14.5 Å². The van der Waals surface area contributed by atoms with Crippen molar-refractivity contribution in [3.05, 3.63) is 79.9 Å². The van der Waals surface area contributed by atoms with Crippen LogP contribution in [0.3, 0.4) is 0 Å². The molecule has 0 heterocycles. The molecular formula is C14H15FeIN3O4P-6. The first kappa shape index (κ1) is 22.9. The first-order valence-electron chi connectivity index (χ1n) is 6.39. The molecule has 2 rings (SSSR count). The fourth-order valence-corrected chi connectivity index (χ4v) is 2.85. The largest absolute Gasteiger partial charge is 0.748 e. The Balaban J connectivity index is 0.000000751. The zero-order valence-electron chi connectivity index (χ0n) is 12.5. The van der Waals surface area contributed by atoms with E-state index in [1.165, 1.54) is 6.92 Å². The topological polar surface area (TPSA) is 116 Å². The maximum absolute atomic E-state index is 10.7. The van der Waals surface area contributed by atoms with Gasteiger partial charge in [-0.15, -0.1) is 5.56 Å². The molecular weight excluding hydrogens is 488 g/mol. The fourth-order valence-electron chi connectivity index (χ4n) is 1.62. The zero-order valence-corrected chi connectivity index (χ0v) is 16.7. The van der Waals surface area contributed by atoms with Crippen molar-refractivity contribution < 1.29 is 35.9 Å². The van der Waals surface area contributed by atoms with E-state index in [-0.39, 0.29) is 22.8 Å². The Hall–Kier alpha value is -1.05. The minimum absolute atomic E-state index is 0.